The maximum atomic E-state index is 12.3. The van der Waals surface area contributed by atoms with Gasteiger partial charge in [0.15, 0.2) is 0 Å². The molecule has 24 heavy (non-hydrogen) atoms. The summed E-state index contributed by atoms with van der Waals surface area (Å²) >= 11 is 1.54. The Morgan fingerprint density at radius 3 is 3.00 bits per heavy atom. The van der Waals surface area contributed by atoms with Crippen molar-refractivity contribution in [3.8, 4) is 0 Å². The lowest BCUT2D eigenvalue weighted by Crippen LogP contribution is -2.46. The summed E-state index contributed by atoms with van der Waals surface area (Å²) in [5.74, 6) is 0.715. The molecule has 1 N–H and O–H groups in total. The number of aliphatic hydroxyl groups is 1. The van der Waals surface area contributed by atoms with Crippen LogP contribution in [0.4, 0.5) is 5.82 Å². The molecule has 0 aliphatic carbocycles. The average molecular weight is 347 g/mol. The molecule has 2 aromatic heterocycles. The first-order valence-electron chi connectivity index (χ1n) is 7.83. The summed E-state index contributed by atoms with van der Waals surface area (Å²) in [6.45, 7) is 3.36. The fourth-order valence-electron chi connectivity index (χ4n) is 2.94. The Bertz CT molecular complexity index is 708. The molecule has 1 aliphatic heterocycles. The van der Waals surface area contributed by atoms with Gasteiger partial charge in [0.1, 0.15) is 11.4 Å². The number of carbonyl (C=O) groups is 1. The predicted octanol–water partition coefficient (Wildman–Crippen LogP) is 0.884. The lowest BCUT2D eigenvalue weighted by molar-refractivity contribution is -0.132. The van der Waals surface area contributed by atoms with Crippen LogP contribution < -0.4 is 4.90 Å². The van der Waals surface area contributed by atoms with Gasteiger partial charge in [0.25, 0.3) is 0 Å². The van der Waals surface area contributed by atoms with Crippen LogP contribution in [-0.4, -0.2) is 63.1 Å². The molecule has 8 heteroatoms. The number of rotatable bonds is 5. The van der Waals surface area contributed by atoms with E-state index in [9.17, 15) is 9.90 Å². The number of thiazole rings is 1. The van der Waals surface area contributed by atoms with Gasteiger partial charge in [-0.25, -0.2) is 9.97 Å². The molecule has 0 bridgehead atoms. The molecule has 1 atom stereocenters. The van der Waals surface area contributed by atoms with E-state index >= 15 is 0 Å². The van der Waals surface area contributed by atoms with Gasteiger partial charge >= 0.3 is 0 Å². The van der Waals surface area contributed by atoms with Gasteiger partial charge in [-0.05, 0) is 13.3 Å². The zero-order valence-corrected chi connectivity index (χ0v) is 14.7. The standard InChI is InChI=1S/C16H21N5O2S/c1-12-19-13(9-24-12)7-15(22)20(2)10-16(23)3-6-21(11-16)14-8-17-4-5-18-14/h4-5,8-9,23H,3,6-7,10-11H2,1-2H3/t16-/m1/s1. The highest BCUT2D eigenvalue weighted by Gasteiger charge is 2.38. The van der Waals surface area contributed by atoms with Crippen molar-refractivity contribution in [2.45, 2.75) is 25.4 Å². The number of nitrogens with zero attached hydrogens (tertiary/aromatic N) is 5. The van der Waals surface area contributed by atoms with E-state index in [1.165, 1.54) is 11.3 Å². The number of β-amino-alcohol motifs (C(OH)–C–C–N with tert-alkyl or cyclic N) is 1. The van der Waals surface area contributed by atoms with Crippen molar-refractivity contribution in [3.63, 3.8) is 0 Å². The van der Waals surface area contributed by atoms with Crippen molar-refractivity contribution in [2.75, 3.05) is 31.6 Å². The summed E-state index contributed by atoms with van der Waals surface area (Å²) in [4.78, 5) is 28.6. The highest BCUT2D eigenvalue weighted by molar-refractivity contribution is 7.09. The van der Waals surface area contributed by atoms with Gasteiger partial charge in [0.05, 0.1) is 29.9 Å². The van der Waals surface area contributed by atoms with E-state index in [1.807, 2.05) is 17.2 Å². The molecule has 0 saturated carbocycles. The summed E-state index contributed by atoms with van der Waals surface area (Å²) in [6.07, 6.45) is 5.81. The largest absolute Gasteiger partial charge is 0.386 e. The van der Waals surface area contributed by atoms with E-state index in [2.05, 4.69) is 15.0 Å². The summed E-state index contributed by atoms with van der Waals surface area (Å²) in [5, 5.41) is 13.7. The zero-order chi connectivity index (χ0) is 17.2. The number of hydrogen-bond donors (Lipinski definition) is 1. The van der Waals surface area contributed by atoms with Crippen molar-refractivity contribution in [1.29, 1.82) is 0 Å². The van der Waals surface area contributed by atoms with Gasteiger partial charge in [-0.1, -0.05) is 0 Å². The summed E-state index contributed by atoms with van der Waals surface area (Å²) in [5.41, 5.74) is -0.145. The van der Waals surface area contributed by atoms with Crippen LogP contribution >= 0.6 is 11.3 Å². The third-order valence-electron chi connectivity index (χ3n) is 4.16. The Morgan fingerprint density at radius 2 is 2.33 bits per heavy atom. The molecule has 1 saturated heterocycles. The third kappa shape index (κ3) is 3.88. The molecule has 0 radical (unpaired) electrons. The normalized spacial score (nSPS) is 20.4. The first-order valence-corrected chi connectivity index (χ1v) is 8.71. The van der Waals surface area contributed by atoms with Gasteiger partial charge < -0.3 is 14.9 Å². The van der Waals surface area contributed by atoms with Gasteiger partial charge in [-0.2, -0.15) is 0 Å². The SMILES string of the molecule is Cc1nc(CC(=O)N(C)C[C@]2(O)CCN(c3cnccn3)C2)cs1. The monoisotopic (exact) mass is 347 g/mol. The molecule has 7 nitrogen and oxygen atoms in total. The van der Waals surface area contributed by atoms with Crippen LogP contribution in [0.1, 0.15) is 17.1 Å². The van der Waals surface area contributed by atoms with Crippen LogP contribution in [-0.2, 0) is 11.2 Å². The molecule has 0 unspecified atom stereocenters. The second-order valence-corrected chi connectivity index (χ2v) is 7.31. The van der Waals surface area contributed by atoms with Crippen molar-refractivity contribution in [1.82, 2.24) is 19.9 Å². The number of anilines is 1. The minimum absolute atomic E-state index is 0.0355. The highest BCUT2D eigenvalue weighted by atomic mass is 32.1. The molecule has 1 fully saturated rings. The quantitative estimate of drug-likeness (QED) is 0.865. The Kier molecular flexibility index (Phi) is 4.77. The topological polar surface area (TPSA) is 82.5 Å². The average Bonchev–Trinajstić information content (AvgIpc) is 3.14. The molecule has 3 rings (SSSR count). The van der Waals surface area contributed by atoms with Gasteiger partial charge in [-0.15, -0.1) is 11.3 Å². The third-order valence-corrected chi connectivity index (χ3v) is 4.98. The molecular formula is C16H21N5O2S. The minimum atomic E-state index is -0.931. The fraction of sp³-hybridized carbons (Fsp3) is 0.500. The molecule has 2 aromatic rings. The molecule has 1 aliphatic rings. The second-order valence-electron chi connectivity index (χ2n) is 6.24. The van der Waals surface area contributed by atoms with Gasteiger partial charge in [0.2, 0.25) is 5.91 Å². The number of aryl methyl sites for hydroxylation is 1. The number of amides is 1. The van der Waals surface area contributed by atoms with Crippen LogP contribution in [0.3, 0.4) is 0 Å². The molecule has 128 valence electrons. The highest BCUT2D eigenvalue weighted by Crippen LogP contribution is 2.25. The number of aromatic nitrogens is 3. The summed E-state index contributed by atoms with van der Waals surface area (Å²) in [7, 11) is 1.73. The van der Waals surface area contributed by atoms with Crippen LogP contribution in [0.15, 0.2) is 24.0 Å². The van der Waals surface area contributed by atoms with Gasteiger partial charge in [0, 0.05) is 37.9 Å². The summed E-state index contributed by atoms with van der Waals surface area (Å²) < 4.78 is 0. The van der Waals surface area contributed by atoms with E-state index in [1.54, 1.807) is 30.5 Å². The molecule has 1 amide bonds. The Morgan fingerprint density at radius 1 is 1.50 bits per heavy atom. The van der Waals surface area contributed by atoms with Crippen LogP contribution in [0.25, 0.3) is 0 Å². The molecular weight excluding hydrogens is 326 g/mol. The van der Waals surface area contributed by atoms with E-state index in [0.717, 1.165) is 16.5 Å². The maximum absolute atomic E-state index is 12.3. The van der Waals surface area contributed by atoms with E-state index < -0.39 is 5.60 Å². The smallest absolute Gasteiger partial charge is 0.228 e. The van der Waals surface area contributed by atoms with Crippen LogP contribution in [0, 0.1) is 6.92 Å². The van der Waals surface area contributed by atoms with Crippen LogP contribution in [0.2, 0.25) is 0 Å². The van der Waals surface area contributed by atoms with E-state index in [0.29, 0.717) is 26.1 Å². The predicted molar refractivity (Wildman–Crippen MR) is 92.0 cm³/mol. The van der Waals surface area contributed by atoms with Crippen molar-refractivity contribution < 1.29 is 9.90 Å². The van der Waals surface area contributed by atoms with Gasteiger partial charge in [-0.3, -0.25) is 9.78 Å². The number of hydrogen-bond acceptors (Lipinski definition) is 7. The summed E-state index contributed by atoms with van der Waals surface area (Å²) in [6, 6.07) is 0. The lowest BCUT2D eigenvalue weighted by Gasteiger charge is -2.29. The maximum Gasteiger partial charge on any atom is 0.228 e. The minimum Gasteiger partial charge on any atom is -0.386 e. The number of carbonyl (C=O) groups excluding carboxylic acids is 1. The van der Waals surface area contributed by atoms with E-state index in [-0.39, 0.29) is 12.3 Å². The van der Waals surface area contributed by atoms with E-state index in [4.69, 9.17) is 0 Å². The van der Waals surface area contributed by atoms with Crippen molar-refractivity contribution >= 4 is 23.1 Å². The number of likely N-dealkylation sites (N-methyl/N-ethyl adjacent to an activating group) is 1. The second kappa shape index (κ2) is 6.82. The zero-order valence-electron chi connectivity index (χ0n) is 13.8. The molecule has 3 heterocycles. The first-order chi connectivity index (χ1) is 11.5. The fourth-order valence-corrected chi connectivity index (χ4v) is 3.56. The van der Waals surface area contributed by atoms with Crippen LogP contribution in [0.5, 0.6) is 0 Å². The Balaban J connectivity index is 1.57. The molecule has 0 spiro atoms. The lowest BCUT2D eigenvalue weighted by atomic mass is 10.0. The Hall–Kier alpha value is -2.06. The van der Waals surface area contributed by atoms with Crippen molar-refractivity contribution in [3.05, 3.63) is 34.7 Å². The molecule has 0 aromatic carbocycles. The Labute approximate surface area is 145 Å². The van der Waals surface area contributed by atoms with Crippen molar-refractivity contribution in [2.24, 2.45) is 0 Å². The first kappa shape index (κ1) is 16.8.